The number of carbonyl (C=O) groups excluding carboxylic acids is 1. The van der Waals surface area contributed by atoms with Gasteiger partial charge in [0.15, 0.2) is 5.82 Å². The second-order valence-electron chi connectivity index (χ2n) is 2.96. The number of ketones is 1. The smallest absolute Gasteiger partial charge is 0.246 e. The van der Waals surface area contributed by atoms with Crippen LogP contribution in [0, 0.1) is 0 Å². The standard InChI is InChI=1S/C10H10N4O/c1-2-14-6-5-12-10(14)9(15)8-3-4-11-7-13-8/h3-7H,2H2,1H3. The van der Waals surface area contributed by atoms with Crippen LogP contribution in [-0.2, 0) is 6.54 Å². The van der Waals surface area contributed by atoms with Crippen LogP contribution in [0.2, 0.25) is 0 Å². The molecule has 0 N–H and O–H groups in total. The summed E-state index contributed by atoms with van der Waals surface area (Å²) < 4.78 is 1.78. The van der Waals surface area contributed by atoms with E-state index in [9.17, 15) is 4.79 Å². The molecule has 2 aromatic rings. The Morgan fingerprint density at radius 2 is 2.27 bits per heavy atom. The zero-order valence-corrected chi connectivity index (χ0v) is 8.29. The number of hydrogen-bond acceptors (Lipinski definition) is 4. The Labute approximate surface area is 86.8 Å². The second-order valence-corrected chi connectivity index (χ2v) is 2.96. The van der Waals surface area contributed by atoms with E-state index in [2.05, 4.69) is 15.0 Å². The van der Waals surface area contributed by atoms with Crippen LogP contribution in [0.4, 0.5) is 0 Å². The highest BCUT2D eigenvalue weighted by atomic mass is 16.1. The van der Waals surface area contributed by atoms with E-state index in [0.717, 1.165) is 0 Å². The Balaban J connectivity index is 2.37. The van der Waals surface area contributed by atoms with E-state index < -0.39 is 0 Å². The van der Waals surface area contributed by atoms with Crippen LogP contribution in [0.25, 0.3) is 0 Å². The third kappa shape index (κ3) is 1.76. The molecule has 15 heavy (non-hydrogen) atoms. The molecule has 0 amide bonds. The fraction of sp³-hybridized carbons (Fsp3) is 0.200. The van der Waals surface area contributed by atoms with Gasteiger partial charge in [0.2, 0.25) is 5.78 Å². The molecule has 0 saturated carbocycles. The van der Waals surface area contributed by atoms with Gasteiger partial charge in [-0.3, -0.25) is 4.79 Å². The van der Waals surface area contributed by atoms with Gasteiger partial charge in [0.1, 0.15) is 12.0 Å². The minimum atomic E-state index is -0.177. The molecule has 0 radical (unpaired) electrons. The van der Waals surface area contributed by atoms with Gasteiger partial charge in [-0.15, -0.1) is 0 Å². The van der Waals surface area contributed by atoms with Crippen molar-refractivity contribution in [3.8, 4) is 0 Å². The lowest BCUT2D eigenvalue weighted by Crippen LogP contribution is -2.11. The summed E-state index contributed by atoms with van der Waals surface area (Å²) in [5, 5.41) is 0. The average molecular weight is 202 g/mol. The van der Waals surface area contributed by atoms with E-state index in [4.69, 9.17) is 0 Å². The number of aromatic nitrogens is 4. The summed E-state index contributed by atoms with van der Waals surface area (Å²) in [4.78, 5) is 23.6. The molecule has 0 spiro atoms. The van der Waals surface area contributed by atoms with Crippen LogP contribution in [0.5, 0.6) is 0 Å². The topological polar surface area (TPSA) is 60.7 Å². The van der Waals surface area contributed by atoms with Gasteiger partial charge >= 0.3 is 0 Å². The molecule has 5 nitrogen and oxygen atoms in total. The number of hydrogen-bond donors (Lipinski definition) is 0. The van der Waals surface area contributed by atoms with Crippen molar-refractivity contribution in [2.45, 2.75) is 13.5 Å². The van der Waals surface area contributed by atoms with Crippen LogP contribution in [-0.4, -0.2) is 25.3 Å². The minimum absolute atomic E-state index is 0.177. The Morgan fingerprint density at radius 1 is 1.40 bits per heavy atom. The van der Waals surface area contributed by atoms with Crippen molar-refractivity contribution < 1.29 is 4.79 Å². The molecule has 0 saturated heterocycles. The maximum atomic E-state index is 11.9. The fourth-order valence-corrected chi connectivity index (χ4v) is 1.31. The molecule has 2 aromatic heterocycles. The van der Waals surface area contributed by atoms with Crippen molar-refractivity contribution in [2.75, 3.05) is 0 Å². The van der Waals surface area contributed by atoms with Crippen LogP contribution in [0.3, 0.4) is 0 Å². The monoisotopic (exact) mass is 202 g/mol. The van der Waals surface area contributed by atoms with E-state index in [1.165, 1.54) is 6.33 Å². The molecule has 0 aliphatic rings. The summed E-state index contributed by atoms with van der Waals surface area (Å²) in [7, 11) is 0. The molecule has 0 atom stereocenters. The summed E-state index contributed by atoms with van der Waals surface area (Å²) >= 11 is 0. The molecular weight excluding hydrogens is 192 g/mol. The minimum Gasteiger partial charge on any atom is -0.328 e. The van der Waals surface area contributed by atoms with Crippen LogP contribution < -0.4 is 0 Å². The van der Waals surface area contributed by atoms with Gasteiger partial charge in [-0.25, -0.2) is 15.0 Å². The maximum Gasteiger partial charge on any atom is 0.246 e. The van der Waals surface area contributed by atoms with Gasteiger partial charge in [0.05, 0.1) is 0 Å². The summed E-state index contributed by atoms with van der Waals surface area (Å²) in [6, 6.07) is 1.58. The van der Waals surface area contributed by atoms with Gasteiger partial charge < -0.3 is 4.57 Å². The first-order valence-electron chi connectivity index (χ1n) is 4.64. The fourth-order valence-electron chi connectivity index (χ4n) is 1.31. The first-order valence-corrected chi connectivity index (χ1v) is 4.64. The van der Waals surface area contributed by atoms with Gasteiger partial charge in [-0.1, -0.05) is 0 Å². The van der Waals surface area contributed by atoms with E-state index >= 15 is 0 Å². The van der Waals surface area contributed by atoms with Gasteiger partial charge in [-0.05, 0) is 13.0 Å². The molecule has 76 valence electrons. The van der Waals surface area contributed by atoms with E-state index in [-0.39, 0.29) is 5.78 Å². The Bertz CT molecular complexity index is 463. The van der Waals surface area contributed by atoms with Crippen molar-refractivity contribution >= 4 is 5.78 Å². The molecule has 5 heteroatoms. The molecule has 0 aliphatic heterocycles. The SMILES string of the molecule is CCn1ccnc1C(=O)c1ccncn1. The van der Waals surface area contributed by atoms with Crippen molar-refractivity contribution in [3.05, 3.63) is 42.5 Å². The van der Waals surface area contributed by atoms with Crippen molar-refractivity contribution in [3.63, 3.8) is 0 Å². The van der Waals surface area contributed by atoms with Gasteiger partial charge in [0, 0.05) is 25.1 Å². The third-order valence-electron chi connectivity index (χ3n) is 2.07. The van der Waals surface area contributed by atoms with Gasteiger partial charge in [-0.2, -0.15) is 0 Å². The van der Waals surface area contributed by atoms with Crippen molar-refractivity contribution in [1.82, 2.24) is 19.5 Å². The van der Waals surface area contributed by atoms with Crippen LogP contribution >= 0.6 is 0 Å². The molecule has 2 heterocycles. The average Bonchev–Trinajstić information content (AvgIpc) is 2.77. The van der Waals surface area contributed by atoms with Crippen LogP contribution in [0.1, 0.15) is 23.2 Å². The summed E-state index contributed by atoms with van der Waals surface area (Å²) in [6.45, 7) is 2.67. The highest BCUT2D eigenvalue weighted by molar-refractivity contribution is 6.05. The Hall–Kier alpha value is -2.04. The lowest BCUT2D eigenvalue weighted by Gasteiger charge is -2.02. The van der Waals surface area contributed by atoms with Crippen LogP contribution in [0.15, 0.2) is 31.0 Å². The predicted octanol–water partition coefficient (Wildman–Crippen LogP) is 0.924. The molecule has 0 bridgehead atoms. The normalized spacial score (nSPS) is 10.2. The highest BCUT2D eigenvalue weighted by Crippen LogP contribution is 2.04. The van der Waals surface area contributed by atoms with E-state index in [1.54, 1.807) is 29.2 Å². The molecule has 2 rings (SSSR count). The number of imidazole rings is 1. The summed E-state index contributed by atoms with van der Waals surface area (Å²) in [5.74, 6) is 0.237. The molecule has 0 aromatic carbocycles. The number of nitrogens with zero attached hydrogens (tertiary/aromatic N) is 4. The lowest BCUT2D eigenvalue weighted by atomic mass is 10.2. The lowest BCUT2D eigenvalue weighted by molar-refractivity contribution is 0.102. The zero-order chi connectivity index (χ0) is 10.7. The largest absolute Gasteiger partial charge is 0.328 e. The molecule has 0 fully saturated rings. The van der Waals surface area contributed by atoms with Crippen molar-refractivity contribution in [1.29, 1.82) is 0 Å². The number of aryl methyl sites for hydroxylation is 1. The summed E-state index contributed by atoms with van der Waals surface area (Å²) in [6.07, 6.45) is 6.28. The van der Waals surface area contributed by atoms with E-state index in [0.29, 0.717) is 18.1 Å². The predicted molar refractivity (Wildman–Crippen MR) is 53.4 cm³/mol. The maximum absolute atomic E-state index is 11.9. The summed E-state index contributed by atoms with van der Waals surface area (Å²) in [5.41, 5.74) is 0.367. The number of carbonyl (C=O) groups is 1. The second kappa shape index (κ2) is 4.00. The Kier molecular flexibility index (Phi) is 2.53. The van der Waals surface area contributed by atoms with Crippen molar-refractivity contribution in [2.24, 2.45) is 0 Å². The highest BCUT2D eigenvalue weighted by Gasteiger charge is 2.15. The molecule has 0 unspecified atom stereocenters. The Morgan fingerprint density at radius 3 is 2.93 bits per heavy atom. The van der Waals surface area contributed by atoms with Gasteiger partial charge in [0.25, 0.3) is 0 Å². The quantitative estimate of drug-likeness (QED) is 0.694. The first-order chi connectivity index (χ1) is 7.33. The first kappa shape index (κ1) is 9.51. The third-order valence-corrected chi connectivity index (χ3v) is 2.07. The van der Waals surface area contributed by atoms with E-state index in [1.807, 2.05) is 6.92 Å². The molecule has 0 aliphatic carbocycles. The molecular formula is C10H10N4O. The zero-order valence-electron chi connectivity index (χ0n) is 8.29. The number of rotatable bonds is 3.